The van der Waals surface area contributed by atoms with Gasteiger partial charge in [-0.1, -0.05) is 38.1 Å². The Morgan fingerprint density at radius 3 is 2.36 bits per heavy atom. The van der Waals surface area contributed by atoms with Crippen LogP contribution in [0.4, 0.5) is 0 Å². The summed E-state index contributed by atoms with van der Waals surface area (Å²) in [6.07, 6.45) is 2.61. The molecule has 0 N–H and O–H groups in total. The van der Waals surface area contributed by atoms with E-state index in [4.69, 9.17) is 9.72 Å². The van der Waals surface area contributed by atoms with E-state index in [9.17, 15) is 4.79 Å². The van der Waals surface area contributed by atoms with Gasteiger partial charge in [-0.2, -0.15) is 0 Å². The number of carbonyl (C=O) groups excluding carboxylic acids is 1. The lowest BCUT2D eigenvalue weighted by atomic mass is 10.1. The van der Waals surface area contributed by atoms with Crippen LogP contribution in [0.3, 0.4) is 0 Å². The molecule has 1 aromatic heterocycles. The number of hydrogen-bond donors (Lipinski definition) is 0. The molecule has 3 rings (SSSR count). The number of amides is 1. The molecule has 28 heavy (non-hydrogen) atoms. The third-order valence-electron chi connectivity index (χ3n) is 4.89. The first-order valence-corrected chi connectivity index (χ1v) is 10.0. The van der Waals surface area contributed by atoms with Gasteiger partial charge in [0, 0.05) is 19.5 Å². The first kappa shape index (κ1) is 19.9. The molecule has 0 saturated heterocycles. The summed E-state index contributed by atoms with van der Waals surface area (Å²) in [5, 5.41) is 0. The van der Waals surface area contributed by atoms with E-state index in [2.05, 4.69) is 18.4 Å². The highest BCUT2D eigenvalue weighted by molar-refractivity contribution is 5.81. The number of aromatic nitrogens is 2. The number of rotatable bonds is 9. The summed E-state index contributed by atoms with van der Waals surface area (Å²) in [6, 6.07) is 16.0. The first-order chi connectivity index (χ1) is 13.7. The Hall–Kier alpha value is -2.82. The summed E-state index contributed by atoms with van der Waals surface area (Å²) in [7, 11) is 1.67. The quantitative estimate of drug-likeness (QED) is 0.557. The molecule has 0 bridgehead atoms. The number of imidazole rings is 1. The average molecular weight is 380 g/mol. The van der Waals surface area contributed by atoms with E-state index in [1.165, 1.54) is 0 Å². The molecular formula is C23H29N3O2. The van der Waals surface area contributed by atoms with Gasteiger partial charge in [-0.25, -0.2) is 4.98 Å². The summed E-state index contributed by atoms with van der Waals surface area (Å²) < 4.78 is 7.31. The van der Waals surface area contributed by atoms with Gasteiger partial charge in [0.15, 0.2) is 0 Å². The largest absolute Gasteiger partial charge is 0.497 e. The maximum Gasteiger partial charge on any atom is 0.242 e. The van der Waals surface area contributed by atoms with Crippen molar-refractivity contribution in [3.05, 3.63) is 59.9 Å². The molecule has 1 heterocycles. The minimum Gasteiger partial charge on any atom is -0.497 e. The Bertz CT molecular complexity index is 909. The number of benzene rings is 2. The van der Waals surface area contributed by atoms with E-state index in [-0.39, 0.29) is 5.91 Å². The third kappa shape index (κ3) is 4.53. The molecule has 3 aromatic rings. The maximum atomic E-state index is 13.0. The van der Waals surface area contributed by atoms with E-state index in [1.807, 2.05) is 53.4 Å². The first-order valence-electron chi connectivity index (χ1n) is 10.0. The van der Waals surface area contributed by atoms with Crippen molar-refractivity contribution in [2.24, 2.45) is 0 Å². The molecule has 0 aliphatic heterocycles. The van der Waals surface area contributed by atoms with Crippen LogP contribution in [-0.2, 0) is 17.8 Å². The van der Waals surface area contributed by atoms with Crippen LogP contribution in [0.2, 0.25) is 0 Å². The van der Waals surface area contributed by atoms with Crippen LogP contribution in [-0.4, -0.2) is 40.6 Å². The van der Waals surface area contributed by atoms with Crippen molar-refractivity contribution in [2.75, 3.05) is 20.2 Å². The molecule has 1 amide bonds. The van der Waals surface area contributed by atoms with Gasteiger partial charge in [0.05, 0.1) is 18.1 Å². The topological polar surface area (TPSA) is 47.4 Å². The Kier molecular flexibility index (Phi) is 6.69. The van der Waals surface area contributed by atoms with Gasteiger partial charge in [0.1, 0.15) is 18.1 Å². The minimum atomic E-state index is 0.155. The molecule has 0 radical (unpaired) electrons. The van der Waals surface area contributed by atoms with Crippen molar-refractivity contribution in [3.63, 3.8) is 0 Å². The maximum absolute atomic E-state index is 13.0. The Balaban J connectivity index is 1.91. The van der Waals surface area contributed by atoms with Crippen molar-refractivity contribution in [2.45, 2.75) is 39.7 Å². The molecule has 0 aliphatic rings. The lowest BCUT2D eigenvalue weighted by Crippen LogP contribution is -2.35. The molecule has 2 aromatic carbocycles. The second kappa shape index (κ2) is 9.40. The molecule has 148 valence electrons. The minimum absolute atomic E-state index is 0.155. The van der Waals surface area contributed by atoms with Gasteiger partial charge in [-0.05, 0) is 42.7 Å². The monoisotopic (exact) mass is 379 g/mol. The van der Waals surface area contributed by atoms with E-state index in [0.29, 0.717) is 13.0 Å². The Morgan fingerprint density at radius 2 is 1.71 bits per heavy atom. The van der Waals surface area contributed by atoms with E-state index in [1.54, 1.807) is 7.11 Å². The van der Waals surface area contributed by atoms with Gasteiger partial charge in [-0.3, -0.25) is 4.79 Å². The van der Waals surface area contributed by atoms with Gasteiger partial charge < -0.3 is 14.2 Å². The van der Waals surface area contributed by atoms with Crippen LogP contribution in [0.25, 0.3) is 11.0 Å². The number of nitrogens with zero attached hydrogens (tertiary/aromatic N) is 3. The van der Waals surface area contributed by atoms with Crippen LogP contribution in [0.15, 0.2) is 48.5 Å². The Labute approximate surface area is 166 Å². The Morgan fingerprint density at radius 1 is 1.04 bits per heavy atom. The summed E-state index contributed by atoms with van der Waals surface area (Å²) in [6.45, 7) is 6.14. The summed E-state index contributed by atoms with van der Waals surface area (Å²) >= 11 is 0. The average Bonchev–Trinajstić information content (AvgIpc) is 3.05. The third-order valence-corrected chi connectivity index (χ3v) is 4.89. The zero-order chi connectivity index (χ0) is 19.9. The van der Waals surface area contributed by atoms with Crippen LogP contribution in [0.1, 0.15) is 38.1 Å². The summed E-state index contributed by atoms with van der Waals surface area (Å²) in [5.74, 6) is 1.90. The number of carbonyl (C=O) groups is 1. The van der Waals surface area contributed by atoms with E-state index < -0.39 is 0 Å². The molecule has 0 fully saturated rings. The zero-order valence-electron chi connectivity index (χ0n) is 17.0. The van der Waals surface area contributed by atoms with E-state index >= 15 is 0 Å². The number of methoxy groups -OCH3 is 1. The van der Waals surface area contributed by atoms with Crippen LogP contribution < -0.4 is 4.74 Å². The van der Waals surface area contributed by atoms with Crippen LogP contribution in [0, 0.1) is 0 Å². The van der Waals surface area contributed by atoms with E-state index in [0.717, 1.165) is 54.1 Å². The normalized spacial score (nSPS) is 11.0. The van der Waals surface area contributed by atoms with Crippen molar-refractivity contribution >= 4 is 16.9 Å². The van der Waals surface area contributed by atoms with Crippen LogP contribution in [0.5, 0.6) is 5.75 Å². The molecule has 0 spiro atoms. The second-order valence-electron chi connectivity index (χ2n) is 7.01. The van der Waals surface area contributed by atoms with Crippen molar-refractivity contribution in [1.29, 1.82) is 0 Å². The molecular weight excluding hydrogens is 350 g/mol. The number of hydrogen-bond acceptors (Lipinski definition) is 3. The standard InChI is InChI=1S/C23H29N3O2/c1-4-14-25(15-5-2)23(27)17-26-21-9-7-6-8-20(21)24-22(26)16-18-10-12-19(28-3)13-11-18/h6-13H,4-5,14-17H2,1-3H3. The SMILES string of the molecule is CCCN(CCC)C(=O)Cn1c(Cc2ccc(OC)cc2)nc2ccccc21. The fourth-order valence-corrected chi connectivity index (χ4v) is 3.50. The molecule has 5 heteroatoms. The number of para-hydroxylation sites is 2. The lowest BCUT2D eigenvalue weighted by molar-refractivity contribution is -0.131. The molecule has 0 aliphatic carbocycles. The lowest BCUT2D eigenvalue weighted by Gasteiger charge is -2.22. The van der Waals surface area contributed by atoms with Gasteiger partial charge >= 0.3 is 0 Å². The number of ether oxygens (including phenoxy) is 1. The van der Waals surface area contributed by atoms with Gasteiger partial charge in [-0.15, -0.1) is 0 Å². The van der Waals surface area contributed by atoms with Crippen molar-refractivity contribution < 1.29 is 9.53 Å². The molecule has 0 saturated carbocycles. The number of fused-ring (bicyclic) bond motifs is 1. The van der Waals surface area contributed by atoms with Crippen molar-refractivity contribution in [1.82, 2.24) is 14.5 Å². The molecule has 0 unspecified atom stereocenters. The smallest absolute Gasteiger partial charge is 0.242 e. The van der Waals surface area contributed by atoms with Gasteiger partial charge in [0.2, 0.25) is 5.91 Å². The highest BCUT2D eigenvalue weighted by Crippen LogP contribution is 2.20. The molecule has 5 nitrogen and oxygen atoms in total. The highest BCUT2D eigenvalue weighted by atomic mass is 16.5. The van der Waals surface area contributed by atoms with Gasteiger partial charge in [0.25, 0.3) is 0 Å². The van der Waals surface area contributed by atoms with Crippen molar-refractivity contribution in [3.8, 4) is 5.75 Å². The second-order valence-corrected chi connectivity index (χ2v) is 7.01. The fraction of sp³-hybridized carbons (Fsp3) is 0.391. The summed E-state index contributed by atoms with van der Waals surface area (Å²) in [5.41, 5.74) is 3.08. The zero-order valence-corrected chi connectivity index (χ0v) is 17.0. The predicted molar refractivity (Wildman–Crippen MR) is 113 cm³/mol. The fourth-order valence-electron chi connectivity index (χ4n) is 3.50. The van der Waals surface area contributed by atoms with Crippen LogP contribution >= 0.6 is 0 Å². The summed E-state index contributed by atoms with van der Waals surface area (Å²) in [4.78, 5) is 19.8. The highest BCUT2D eigenvalue weighted by Gasteiger charge is 2.17. The molecule has 0 atom stereocenters. The predicted octanol–water partition coefficient (Wildman–Crippen LogP) is 4.28.